The van der Waals surface area contributed by atoms with E-state index >= 15 is 0 Å². The summed E-state index contributed by atoms with van der Waals surface area (Å²) in [5.41, 5.74) is 4.91. The van der Waals surface area contributed by atoms with Crippen LogP contribution in [0.3, 0.4) is 0 Å². The summed E-state index contributed by atoms with van der Waals surface area (Å²) in [5.74, 6) is 1.38. The first-order valence-corrected chi connectivity index (χ1v) is 25.3. The maximum Gasteiger partial charge on any atom is 0.254 e. The number of aliphatic hydroxyl groups is 2. The Bertz CT molecular complexity index is 2160. The van der Waals surface area contributed by atoms with Gasteiger partial charge in [0, 0.05) is 71.4 Å². The van der Waals surface area contributed by atoms with Crippen molar-refractivity contribution < 1.29 is 43.5 Å². The molecule has 0 radical (unpaired) electrons. The summed E-state index contributed by atoms with van der Waals surface area (Å²) in [5, 5.41) is 20.2. The molecule has 2 N–H and O–H groups in total. The summed E-state index contributed by atoms with van der Waals surface area (Å²) < 4.78 is 21.9. The van der Waals surface area contributed by atoms with Crippen LogP contribution in [-0.4, -0.2) is 150 Å². The van der Waals surface area contributed by atoms with Crippen molar-refractivity contribution in [3.05, 3.63) is 144 Å². The molecule has 0 bridgehead atoms. The molecular weight excluding hydrogens is 873 g/mol. The van der Waals surface area contributed by atoms with Gasteiger partial charge in [0.15, 0.2) is 11.9 Å². The molecule has 370 valence electrons. The average Bonchev–Trinajstić information content (AvgIpc) is 4.21. The second-order valence-electron chi connectivity index (χ2n) is 19.4. The number of carbonyl (C=O) groups is 3. The number of rotatable bonds is 14. The van der Waals surface area contributed by atoms with Crippen molar-refractivity contribution in [1.82, 2.24) is 19.6 Å². The molecule has 5 atom stereocenters. The number of amides is 2. The van der Waals surface area contributed by atoms with Gasteiger partial charge in [0.25, 0.3) is 5.91 Å². The number of nitrogens with zero attached hydrogens (tertiary/aromatic N) is 4. The quantitative estimate of drug-likeness (QED) is 0.160. The van der Waals surface area contributed by atoms with E-state index in [0.29, 0.717) is 63.6 Å². The van der Waals surface area contributed by atoms with Crippen LogP contribution in [0.15, 0.2) is 121 Å². The highest BCUT2D eigenvalue weighted by molar-refractivity contribution is 5.87. The third-order valence-corrected chi connectivity index (χ3v) is 13.8. The number of ether oxygens (including phenoxy) is 4. The van der Waals surface area contributed by atoms with Gasteiger partial charge in [0.1, 0.15) is 12.7 Å². The molecule has 11 rings (SSSR count). The minimum Gasteiger partial charge on any atom is -0.390 e. The SMILES string of the molecule is O=C(C1CC1)C1CN(Cc2ccccc2)CCO1.O=C1C(C(O)C2CC2)OCCN1Cc1ccccc1.O=C1COCCN1Cc1ccccc1.OC(C1CC1)C1CN(Cc2ccccc2)CCO1. The number of hydrogen-bond donors (Lipinski definition) is 2. The summed E-state index contributed by atoms with van der Waals surface area (Å²) in [7, 11) is 0. The van der Waals surface area contributed by atoms with Crippen molar-refractivity contribution in [1.29, 1.82) is 0 Å². The van der Waals surface area contributed by atoms with Crippen LogP contribution < -0.4 is 0 Å². The van der Waals surface area contributed by atoms with Crippen LogP contribution in [0.2, 0.25) is 0 Å². The molecular formula is C56H72N4O9. The van der Waals surface area contributed by atoms with Crippen LogP contribution in [0.25, 0.3) is 0 Å². The monoisotopic (exact) mass is 945 g/mol. The summed E-state index contributed by atoms with van der Waals surface area (Å²) in [4.78, 5) is 44.1. The standard InChI is InChI=1S/C15H19NO3.C15H21NO2.C15H19NO2.C11H13NO2/c17-13(12-6-7-12)14-15(18)16(8-9-19-14)10-11-4-2-1-3-5-11;2*17-15(13-6-7-13)14-11-16(8-9-18-14)10-12-4-2-1-3-5-12;13-11-9-14-7-6-12(11)8-10-4-2-1-3-5-10/h1-5,12-14,17H,6-10H2;1-5,13-15,17H,6-11H2;1-5,13-14H,6-11H2;1-5H,6-9H2. The first kappa shape index (κ1) is 50.6. The zero-order chi connectivity index (χ0) is 47.8. The lowest BCUT2D eigenvalue weighted by atomic mass is 10.1. The molecule has 3 aliphatic carbocycles. The van der Waals surface area contributed by atoms with E-state index in [1.54, 1.807) is 4.90 Å². The minimum atomic E-state index is -0.662. The maximum absolute atomic E-state index is 12.3. The molecule has 0 aromatic heterocycles. The summed E-state index contributed by atoms with van der Waals surface area (Å²) >= 11 is 0. The fraction of sp³-hybridized carbons (Fsp3) is 0.518. The molecule has 13 nitrogen and oxygen atoms in total. The van der Waals surface area contributed by atoms with Gasteiger partial charge in [-0.25, -0.2) is 0 Å². The number of morpholine rings is 4. The average molecular weight is 945 g/mol. The van der Waals surface area contributed by atoms with Crippen LogP contribution >= 0.6 is 0 Å². The fourth-order valence-corrected chi connectivity index (χ4v) is 9.22. The lowest BCUT2D eigenvalue weighted by Crippen LogP contribution is -2.52. The van der Waals surface area contributed by atoms with E-state index in [1.807, 2.05) is 77.7 Å². The van der Waals surface area contributed by atoms with E-state index in [9.17, 15) is 24.6 Å². The fourth-order valence-electron chi connectivity index (χ4n) is 9.22. The van der Waals surface area contributed by atoms with E-state index in [4.69, 9.17) is 18.9 Å². The maximum atomic E-state index is 12.3. The van der Waals surface area contributed by atoms with Gasteiger partial charge >= 0.3 is 0 Å². The highest BCUT2D eigenvalue weighted by atomic mass is 16.5. The Morgan fingerprint density at radius 1 is 0.522 bits per heavy atom. The minimum absolute atomic E-state index is 0.00922. The van der Waals surface area contributed by atoms with E-state index < -0.39 is 12.2 Å². The van der Waals surface area contributed by atoms with Crippen molar-refractivity contribution >= 4 is 17.6 Å². The molecule has 4 aromatic rings. The molecule has 4 aromatic carbocycles. The lowest BCUT2D eigenvalue weighted by molar-refractivity contribution is -0.164. The van der Waals surface area contributed by atoms with Crippen molar-refractivity contribution in [2.75, 3.05) is 72.3 Å². The van der Waals surface area contributed by atoms with Gasteiger partial charge in [-0.2, -0.15) is 0 Å². The van der Waals surface area contributed by atoms with Crippen LogP contribution in [0.4, 0.5) is 0 Å². The Morgan fingerprint density at radius 3 is 1.51 bits per heavy atom. The largest absolute Gasteiger partial charge is 0.390 e. The molecule has 3 saturated carbocycles. The van der Waals surface area contributed by atoms with Gasteiger partial charge < -0.3 is 39.0 Å². The van der Waals surface area contributed by atoms with E-state index in [-0.39, 0.29) is 42.7 Å². The molecule has 13 heteroatoms. The van der Waals surface area contributed by atoms with Crippen molar-refractivity contribution in [2.24, 2.45) is 17.8 Å². The topological polar surface area (TPSA) is 142 Å². The summed E-state index contributed by atoms with van der Waals surface area (Å²) in [6, 6.07) is 40.8. The molecule has 7 fully saturated rings. The van der Waals surface area contributed by atoms with Gasteiger partial charge in [0.05, 0.1) is 44.7 Å². The van der Waals surface area contributed by atoms with Gasteiger partial charge in [-0.1, -0.05) is 121 Å². The highest BCUT2D eigenvalue weighted by Gasteiger charge is 2.43. The second-order valence-corrected chi connectivity index (χ2v) is 19.4. The van der Waals surface area contributed by atoms with Crippen LogP contribution in [0.5, 0.6) is 0 Å². The number of aliphatic hydroxyl groups excluding tert-OH is 2. The third kappa shape index (κ3) is 16.1. The van der Waals surface area contributed by atoms with Gasteiger partial charge in [-0.05, 0) is 72.6 Å². The van der Waals surface area contributed by atoms with Crippen molar-refractivity contribution in [3.63, 3.8) is 0 Å². The van der Waals surface area contributed by atoms with E-state index in [0.717, 1.165) is 77.1 Å². The first-order valence-electron chi connectivity index (χ1n) is 25.3. The smallest absolute Gasteiger partial charge is 0.254 e. The highest BCUT2D eigenvalue weighted by Crippen LogP contribution is 2.37. The number of hydrogen-bond acceptors (Lipinski definition) is 11. The van der Waals surface area contributed by atoms with Crippen LogP contribution in [0, 0.1) is 17.8 Å². The van der Waals surface area contributed by atoms with Gasteiger partial charge in [0.2, 0.25) is 5.91 Å². The van der Waals surface area contributed by atoms with E-state index in [1.165, 1.54) is 29.5 Å². The molecule has 5 unspecified atom stereocenters. The normalized spacial score (nSPS) is 24.1. The Balaban J connectivity index is 0.000000125. The summed E-state index contributed by atoms with van der Waals surface area (Å²) in [6.07, 6.45) is 4.75. The first-order chi connectivity index (χ1) is 33.8. The number of ketones is 1. The Morgan fingerprint density at radius 2 is 0.986 bits per heavy atom. The number of Topliss-reactive ketones (excluding diaryl/α,β-unsaturated/α-hetero) is 1. The van der Waals surface area contributed by atoms with Crippen LogP contribution in [0.1, 0.15) is 60.8 Å². The zero-order valence-corrected chi connectivity index (χ0v) is 40.1. The predicted molar refractivity (Wildman–Crippen MR) is 262 cm³/mol. The van der Waals surface area contributed by atoms with Crippen LogP contribution in [-0.2, 0) is 59.5 Å². The lowest BCUT2D eigenvalue weighted by Gasteiger charge is -2.35. The van der Waals surface area contributed by atoms with Crippen molar-refractivity contribution in [2.45, 2.75) is 95.2 Å². The van der Waals surface area contributed by atoms with Gasteiger partial charge in [-0.15, -0.1) is 0 Å². The molecule has 4 heterocycles. The Hall–Kier alpha value is -4.83. The number of carbonyl (C=O) groups excluding carboxylic acids is 3. The molecule has 4 aliphatic heterocycles. The molecule has 4 saturated heterocycles. The molecule has 7 aliphatic rings. The number of benzene rings is 4. The second kappa shape index (κ2) is 25.9. The molecule has 69 heavy (non-hydrogen) atoms. The predicted octanol–water partition coefficient (Wildman–Crippen LogP) is 5.76. The Kier molecular flexibility index (Phi) is 18.9. The van der Waals surface area contributed by atoms with Crippen molar-refractivity contribution in [3.8, 4) is 0 Å². The Labute approximate surface area is 408 Å². The zero-order valence-electron chi connectivity index (χ0n) is 40.1. The molecule has 2 amide bonds. The van der Waals surface area contributed by atoms with E-state index in [2.05, 4.69) is 58.3 Å². The van der Waals surface area contributed by atoms with Gasteiger partial charge in [-0.3, -0.25) is 24.2 Å². The summed E-state index contributed by atoms with van der Waals surface area (Å²) in [6.45, 7) is 10.8. The third-order valence-electron chi connectivity index (χ3n) is 13.8. The molecule has 0 spiro atoms.